The minimum atomic E-state index is -0.674. The van der Waals surface area contributed by atoms with Crippen molar-refractivity contribution in [2.45, 2.75) is 27.7 Å². The molecule has 0 atom stereocenters. The summed E-state index contributed by atoms with van der Waals surface area (Å²) in [6.45, 7) is 10.2. The molecule has 0 saturated heterocycles. The van der Waals surface area contributed by atoms with Gasteiger partial charge in [-0.3, -0.25) is 4.79 Å². The number of halogens is 1. The SMILES string of the molecule is C=C(C)C(=O)Oc1ccc(-c2ccc(OC(=O)C(C)(C)C)cc2F)cc1. The highest BCUT2D eigenvalue weighted by Crippen LogP contribution is 2.29. The first kappa shape index (κ1) is 19.4. The molecular weight excluding hydrogens is 335 g/mol. The number of carbonyl (C=O) groups is 2. The predicted molar refractivity (Wildman–Crippen MR) is 97.4 cm³/mol. The van der Waals surface area contributed by atoms with Crippen LogP contribution in [0.1, 0.15) is 27.7 Å². The van der Waals surface area contributed by atoms with Crippen molar-refractivity contribution in [2.75, 3.05) is 0 Å². The lowest BCUT2D eigenvalue weighted by Gasteiger charge is -2.16. The molecule has 0 aliphatic carbocycles. The van der Waals surface area contributed by atoms with Gasteiger partial charge in [-0.05, 0) is 57.5 Å². The predicted octanol–water partition coefficient (Wildman–Crippen LogP) is 4.93. The number of ether oxygens (including phenoxy) is 2. The molecule has 0 fully saturated rings. The highest BCUT2D eigenvalue weighted by atomic mass is 19.1. The van der Waals surface area contributed by atoms with Gasteiger partial charge in [0.2, 0.25) is 0 Å². The van der Waals surface area contributed by atoms with Crippen LogP contribution < -0.4 is 9.47 Å². The Hall–Kier alpha value is -2.95. The minimum Gasteiger partial charge on any atom is -0.426 e. The van der Waals surface area contributed by atoms with E-state index in [0.29, 0.717) is 22.4 Å². The number of benzene rings is 2. The van der Waals surface area contributed by atoms with E-state index < -0.39 is 23.2 Å². The molecule has 0 bridgehead atoms. The summed E-state index contributed by atoms with van der Waals surface area (Å²) >= 11 is 0. The van der Waals surface area contributed by atoms with Gasteiger partial charge in [-0.15, -0.1) is 0 Å². The lowest BCUT2D eigenvalue weighted by molar-refractivity contribution is -0.143. The molecule has 26 heavy (non-hydrogen) atoms. The van der Waals surface area contributed by atoms with Crippen molar-refractivity contribution in [1.82, 2.24) is 0 Å². The maximum atomic E-state index is 14.4. The molecule has 2 aromatic carbocycles. The molecule has 0 heterocycles. The molecule has 0 aliphatic rings. The number of rotatable bonds is 4. The quantitative estimate of drug-likeness (QED) is 0.443. The van der Waals surface area contributed by atoms with Crippen LogP contribution in [0.3, 0.4) is 0 Å². The van der Waals surface area contributed by atoms with Gasteiger partial charge in [-0.25, -0.2) is 9.18 Å². The first-order chi connectivity index (χ1) is 12.1. The first-order valence-electron chi connectivity index (χ1n) is 8.08. The summed E-state index contributed by atoms with van der Waals surface area (Å²) in [6.07, 6.45) is 0. The normalized spacial score (nSPS) is 11.0. The molecule has 0 aromatic heterocycles. The molecule has 136 valence electrons. The van der Waals surface area contributed by atoms with Crippen molar-refractivity contribution < 1.29 is 23.5 Å². The van der Waals surface area contributed by atoms with Gasteiger partial charge in [0.1, 0.15) is 17.3 Å². The van der Waals surface area contributed by atoms with Crippen molar-refractivity contribution in [3.05, 3.63) is 60.4 Å². The summed E-state index contributed by atoms with van der Waals surface area (Å²) in [5, 5.41) is 0. The van der Waals surface area contributed by atoms with E-state index in [1.54, 1.807) is 52.0 Å². The zero-order valence-corrected chi connectivity index (χ0v) is 15.3. The van der Waals surface area contributed by atoms with Crippen LogP contribution in [0.25, 0.3) is 11.1 Å². The van der Waals surface area contributed by atoms with Gasteiger partial charge in [0, 0.05) is 17.2 Å². The van der Waals surface area contributed by atoms with Gasteiger partial charge < -0.3 is 9.47 Å². The Labute approximate surface area is 152 Å². The van der Waals surface area contributed by atoms with Crippen LogP contribution in [-0.4, -0.2) is 11.9 Å². The van der Waals surface area contributed by atoms with Crippen molar-refractivity contribution in [3.8, 4) is 22.6 Å². The van der Waals surface area contributed by atoms with E-state index in [9.17, 15) is 14.0 Å². The van der Waals surface area contributed by atoms with Gasteiger partial charge in [0.05, 0.1) is 5.41 Å². The lowest BCUT2D eigenvalue weighted by Crippen LogP contribution is -2.25. The average molecular weight is 356 g/mol. The second-order valence-corrected chi connectivity index (χ2v) is 6.98. The second-order valence-electron chi connectivity index (χ2n) is 6.98. The maximum Gasteiger partial charge on any atom is 0.338 e. The standard InChI is InChI=1S/C21H21FO4/c1-13(2)19(23)25-15-8-6-14(7-9-15)17-11-10-16(12-18(17)22)26-20(24)21(3,4)5/h6-12H,1H2,2-5H3. The van der Waals surface area contributed by atoms with Crippen LogP contribution in [0, 0.1) is 11.2 Å². The van der Waals surface area contributed by atoms with Crippen LogP contribution in [0.5, 0.6) is 11.5 Å². The maximum absolute atomic E-state index is 14.4. The van der Waals surface area contributed by atoms with Crippen LogP contribution in [-0.2, 0) is 9.59 Å². The first-order valence-corrected chi connectivity index (χ1v) is 8.08. The van der Waals surface area contributed by atoms with E-state index in [2.05, 4.69) is 6.58 Å². The third-order valence-electron chi connectivity index (χ3n) is 3.49. The molecule has 0 aliphatic heterocycles. The molecular formula is C21H21FO4. The Morgan fingerprint density at radius 1 is 0.962 bits per heavy atom. The summed E-state index contributed by atoms with van der Waals surface area (Å²) in [5.74, 6) is -0.978. The molecule has 0 N–H and O–H groups in total. The molecule has 0 radical (unpaired) electrons. The highest BCUT2D eigenvalue weighted by molar-refractivity contribution is 5.88. The monoisotopic (exact) mass is 356 g/mol. The Balaban J connectivity index is 2.18. The summed E-state index contributed by atoms with van der Waals surface area (Å²) in [4.78, 5) is 23.4. The van der Waals surface area contributed by atoms with Gasteiger partial charge in [-0.2, -0.15) is 0 Å². The summed E-state index contributed by atoms with van der Waals surface area (Å²) in [5.41, 5.74) is 0.566. The molecule has 5 heteroatoms. The van der Waals surface area contributed by atoms with Crippen molar-refractivity contribution in [3.63, 3.8) is 0 Å². The molecule has 4 nitrogen and oxygen atoms in total. The molecule has 2 rings (SSSR count). The highest BCUT2D eigenvalue weighted by Gasteiger charge is 2.24. The van der Waals surface area contributed by atoms with Crippen LogP contribution in [0.2, 0.25) is 0 Å². The van der Waals surface area contributed by atoms with Crippen LogP contribution >= 0.6 is 0 Å². The fourth-order valence-electron chi connectivity index (χ4n) is 1.95. The minimum absolute atomic E-state index is 0.151. The zero-order valence-electron chi connectivity index (χ0n) is 15.3. The topological polar surface area (TPSA) is 52.6 Å². The molecule has 0 spiro atoms. The van der Waals surface area contributed by atoms with E-state index in [1.165, 1.54) is 18.2 Å². The van der Waals surface area contributed by atoms with E-state index in [4.69, 9.17) is 9.47 Å². The summed E-state index contributed by atoms with van der Waals surface area (Å²) in [7, 11) is 0. The van der Waals surface area contributed by atoms with E-state index in [0.717, 1.165) is 0 Å². The van der Waals surface area contributed by atoms with Gasteiger partial charge in [0.25, 0.3) is 0 Å². The Kier molecular flexibility index (Phi) is 5.60. The van der Waals surface area contributed by atoms with Crippen molar-refractivity contribution in [2.24, 2.45) is 5.41 Å². The number of hydrogen-bond donors (Lipinski definition) is 0. The van der Waals surface area contributed by atoms with Crippen LogP contribution in [0.4, 0.5) is 4.39 Å². The molecule has 0 saturated carbocycles. The third kappa shape index (κ3) is 4.79. The number of carbonyl (C=O) groups excluding carboxylic acids is 2. The smallest absolute Gasteiger partial charge is 0.338 e. The Morgan fingerprint density at radius 3 is 2.04 bits per heavy atom. The van der Waals surface area contributed by atoms with Crippen molar-refractivity contribution in [1.29, 1.82) is 0 Å². The third-order valence-corrected chi connectivity index (χ3v) is 3.49. The lowest BCUT2D eigenvalue weighted by atomic mass is 9.97. The fraction of sp³-hybridized carbons (Fsp3) is 0.238. The zero-order chi connectivity index (χ0) is 19.5. The molecule has 0 amide bonds. The molecule has 2 aromatic rings. The summed E-state index contributed by atoms with van der Waals surface area (Å²) < 4.78 is 24.7. The van der Waals surface area contributed by atoms with Gasteiger partial charge >= 0.3 is 11.9 Å². The van der Waals surface area contributed by atoms with Crippen LogP contribution in [0.15, 0.2) is 54.6 Å². The second kappa shape index (κ2) is 7.52. The molecule has 0 unspecified atom stereocenters. The number of esters is 2. The van der Waals surface area contributed by atoms with E-state index >= 15 is 0 Å². The fourth-order valence-corrected chi connectivity index (χ4v) is 1.95. The van der Waals surface area contributed by atoms with E-state index in [-0.39, 0.29) is 5.75 Å². The number of hydrogen-bond acceptors (Lipinski definition) is 4. The largest absolute Gasteiger partial charge is 0.426 e. The van der Waals surface area contributed by atoms with Crippen molar-refractivity contribution >= 4 is 11.9 Å². The Bertz CT molecular complexity index is 845. The van der Waals surface area contributed by atoms with Gasteiger partial charge in [-0.1, -0.05) is 18.7 Å². The van der Waals surface area contributed by atoms with E-state index in [1.807, 2.05) is 0 Å². The Morgan fingerprint density at radius 2 is 1.54 bits per heavy atom. The van der Waals surface area contributed by atoms with Gasteiger partial charge in [0.15, 0.2) is 0 Å². The average Bonchev–Trinajstić information content (AvgIpc) is 2.55. The summed E-state index contributed by atoms with van der Waals surface area (Å²) in [6, 6.07) is 10.7.